The molecule has 1 saturated heterocycles. The van der Waals surface area contributed by atoms with Crippen molar-refractivity contribution < 1.29 is 4.42 Å². The minimum atomic E-state index is -0.0432. The standard InChI is InChI=1S/C21H21N5O2/c1-11-16(13-7-23-25(10-13)15-8-22-9-15)5-6-17-19(11)26(14-3-4-14)21(27)18-20(17)28-12(2)24-18/h5-7,10,14-15,22H,3-4,8-9H2,1-2H3. The summed E-state index contributed by atoms with van der Waals surface area (Å²) in [4.78, 5) is 17.6. The number of rotatable bonds is 3. The van der Waals surface area contributed by atoms with E-state index in [4.69, 9.17) is 4.42 Å². The maximum atomic E-state index is 13.2. The van der Waals surface area contributed by atoms with Crippen LogP contribution < -0.4 is 10.9 Å². The van der Waals surface area contributed by atoms with Gasteiger partial charge in [0.25, 0.3) is 5.56 Å². The molecule has 1 aliphatic heterocycles. The second kappa shape index (κ2) is 5.54. The van der Waals surface area contributed by atoms with E-state index in [9.17, 15) is 4.79 Å². The Labute approximate surface area is 161 Å². The number of aryl methyl sites for hydroxylation is 2. The van der Waals surface area contributed by atoms with Gasteiger partial charge in [-0.2, -0.15) is 5.10 Å². The molecule has 0 unspecified atom stereocenters. The Bertz CT molecular complexity index is 1300. The number of oxazole rings is 1. The first-order chi connectivity index (χ1) is 13.6. The highest BCUT2D eigenvalue weighted by molar-refractivity contribution is 6.04. The van der Waals surface area contributed by atoms with Gasteiger partial charge in [-0.1, -0.05) is 6.07 Å². The highest BCUT2D eigenvalue weighted by Crippen LogP contribution is 2.40. The lowest BCUT2D eigenvalue weighted by molar-refractivity contribution is 0.318. The molecule has 1 aromatic carbocycles. The molecule has 4 aromatic rings. The van der Waals surface area contributed by atoms with Gasteiger partial charge >= 0.3 is 0 Å². The molecule has 1 aliphatic carbocycles. The van der Waals surface area contributed by atoms with Crippen LogP contribution in [0.5, 0.6) is 0 Å². The van der Waals surface area contributed by atoms with Crippen molar-refractivity contribution >= 4 is 22.0 Å². The van der Waals surface area contributed by atoms with Crippen molar-refractivity contribution in [2.75, 3.05) is 13.1 Å². The van der Waals surface area contributed by atoms with Gasteiger partial charge in [0, 0.05) is 43.2 Å². The molecule has 2 fully saturated rings. The van der Waals surface area contributed by atoms with Crippen LogP contribution in [0.25, 0.3) is 33.1 Å². The molecule has 7 heteroatoms. The van der Waals surface area contributed by atoms with Gasteiger partial charge in [-0.15, -0.1) is 0 Å². The third-order valence-corrected chi connectivity index (χ3v) is 6.03. The molecule has 1 N–H and O–H groups in total. The number of nitrogens with one attached hydrogen (secondary N) is 1. The summed E-state index contributed by atoms with van der Waals surface area (Å²) >= 11 is 0. The minimum absolute atomic E-state index is 0.0432. The number of nitrogens with zero attached hydrogens (tertiary/aromatic N) is 4. The van der Waals surface area contributed by atoms with E-state index < -0.39 is 0 Å². The number of hydrogen-bond donors (Lipinski definition) is 1. The van der Waals surface area contributed by atoms with Crippen molar-refractivity contribution in [3.8, 4) is 11.1 Å². The molecule has 1 saturated carbocycles. The number of aromatic nitrogens is 4. The molecule has 28 heavy (non-hydrogen) atoms. The highest BCUT2D eigenvalue weighted by Gasteiger charge is 2.30. The molecule has 7 nitrogen and oxygen atoms in total. The topological polar surface area (TPSA) is 77.9 Å². The van der Waals surface area contributed by atoms with Crippen LogP contribution in [0.2, 0.25) is 0 Å². The van der Waals surface area contributed by atoms with Gasteiger partial charge in [-0.3, -0.25) is 9.48 Å². The van der Waals surface area contributed by atoms with Crippen LogP contribution in [-0.4, -0.2) is 32.4 Å². The van der Waals surface area contributed by atoms with Crippen molar-refractivity contribution in [1.29, 1.82) is 0 Å². The van der Waals surface area contributed by atoms with Crippen LogP contribution in [0.1, 0.15) is 36.4 Å². The van der Waals surface area contributed by atoms with E-state index in [0.717, 1.165) is 53.5 Å². The molecule has 142 valence electrons. The monoisotopic (exact) mass is 375 g/mol. The number of fused-ring (bicyclic) bond motifs is 3. The molecule has 0 bridgehead atoms. The Morgan fingerprint density at radius 1 is 1.18 bits per heavy atom. The maximum absolute atomic E-state index is 13.2. The summed E-state index contributed by atoms with van der Waals surface area (Å²) in [6, 6.07) is 4.85. The number of benzene rings is 1. The average molecular weight is 375 g/mol. The molecule has 0 amide bonds. The van der Waals surface area contributed by atoms with Gasteiger partial charge < -0.3 is 14.3 Å². The molecule has 0 spiro atoms. The van der Waals surface area contributed by atoms with Crippen LogP contribution in [-0.2, 0) is 0 Å². The summed E-state index contributed by atoms with van der Waals surface area (Å²) in [6.45, 7) is 5.80. The molecule has 4 heterocycles. The van der Waals surface area contributed by atoms with E-state index in [1.54, 1.807) is 6.92 Å². The van der Waals surface area contributed by atoms with Crippen molar-refractivity contribution in [2.24, 2.45) is 0 Å². The molecule has 0 atom stereocenters. The average Bonchev–Trinajstić information content (AvgIpc) is 3.21. The Morgan fingerprint density at radius 2 is 2.00 bits per heavy atom. The van der Waals surface area contributed by atoms with Gasteiger partial charge in [0.2, 0.25) is 0 Å². The summed E-state index contributed by atoms with van der Waals surface area (Å²) in [5.74, 6) is 0.527. The molecule has 0 radical (unpaired) electrons. The first-order valence-corrected chi connectivity index (χ1v) is 9.82. The number of hydrogen-bond acceptors (Lipinski definition) is 5. The SMILES string of the molecule is Cc1nc2c(=O)n(C3CC3)c3c(C)c(-c4cnn(C5CNC5)c4)ccc3c2o1. The second-order valence-corrected chi connectivity index (χ2v) is 7.97. The van der Waals surface area contributed by atoms with Crippen LogP contribution in [0.15, 0.2) is 33.7 Å². The van der Waals surface area contributed by atoms with Crippen molar-refractivity contribution in [3.63, 3.8) is 0 Å². The fourth-order valence-corrected chi connectivity index (χ4v) is 4.30. The van der Waals surface area contributed by atoms with Crippen molar-refractivity contribution in [1.82, 2.24) is 24.6 Å². The van der Waals surface area contributed by atoms with E-state index in [1.165, 1.54) is 0 Å². The summed E-state index contributed by atoms with van der Waals surface area (Å²) in [6.07, 6.45) is 6.10. The summed E-state index contributed by atoms with van der Waals surface area (Å²) in [7, 11) is 0. The van der Waals surface area contributed by atoms with Gasteiger partial charge in [-0.25, -0.2) is 4.98 Å². The van der Waals surface area contributed by atoms with Crippen LogP contribution in [0.4, 0.5) is 0 Å². The van der Waals surface area contributed by atoms with Crippen LogP contribution in [0, 0.1) is 13.8 Å². The number of pyridine rings is 1. The van der Waals surface area contributed by atoms with E-state index in [-0.39, 0.29) is 11.6 Å². The third kappa shape index (κ3) is 2.16. The highest BCUT2D eigenvalue weighted by atomic mass is 16.3. The smallest absolute Gasteiger partial charge is 0.281 e. The van der Waals surface area contributed by atoms with Gasteiger partial charge in [0.1, 0.15) is 0 Å². The first kappa shape index (κ1) is 16.1. The van der Waals surface area contributed by atoms with Crippen LogP contribution >= 0.6 is 0 Å². The molecule has 3 aromatic heterocycles. The first-order valence-electron chi connectivity index (χ1n) is 9.82. The predicted molar refractivity (Wildman–Crippen MR) is 107 cm³/mol. The minimum Gasteiger partial charge on any atom is -0.440 e. The molecule has 2 aliphatic rings. The van der Waals surface area contributed by atoms with Crippen molar-refractivity contribution in [2.45, 2.75) is 38.8 Å². The lowest BCUT2D eigenvalue weighted by Gasteiger charge is -2.27. The third-order valence-electron chi connectivity index (χ3n) is 6.03. The molecular formula is C21H21N5O2. The van der Waals surface area contributed by atoms with E-state index in [0.29, 0.717) is 23.0 Å². The zero-order chi connectivity index (χ0) is 19.0. The van der Waals surface area contributed by atoms with E-state index in [2.05, 4.69) is 40.7 Å². The lowest BCUT2D eigenvalue weighted by Crippen LogP contribution is -2.43. The molecule has 6 rings (SSSR count). The normalized spacial score (nSPS) is 17.5. The van der Waals surface area contributed by atoms with E-state index >= 15 is 0 Å². The fraction of sp³-hybridized carbons (Fsp3) is 0.381. The Morgan fingerprint density at radius 3 is 2.71 bits per heavy atom. The zero-order valence-electron chi connectivity index (χ0n) is 15.9. The van der Waals surface area contributed by atoms with Crippen LogP contribution in [0.3, 0.4) is 0 Å². The Hall–Kier alpha value is -2.93. The largest absolute Gasteiger partial charge is 0.440 e. The quantitative estimate of drug-likeness (QED) is 0.595. The fourth-order valence-electron chi connectivity index (χ4n) is 4.30. The Kier molecular flexibility index (Phi) is 3.18. The molecular weight excluding hydrogens is 354 g/mol. The van der Waals surface area contributed by atoms with Gasteiger partial charge in [0.05, 0.1) is 17.8 Å². The van der Waals surface area contributed by atoms with Gasteiger partial charge in [0.15, 0.2) is 17.0 Å². The van der Waals surface area contributed by atoms with Crippen molar-refractivity contribution in [3.05, 3.63) is 46.3 Å². The maximum Gasteiger partial charge on any atom is 0.281 e. The summed E-state index contributed by atoms with van der Waals surface area (Å²) < 4.78 is 9.80. The second-order valence-electron chi connectivity index (χ2n) is 7.97. The van der Waals surface area contributed by atoms with E-state index in [1.807, 2.05) is 15.4 Å². The Balaban J connectivity index is 1.63. The summed E-state index contributed by atoms with van der Waals surface area (Å²) in [5, 5.41) is 8.79. The predicted octanol–water partition coefficient (Wildman–Crippen LogP) is 3.10. The lowest BCUT2D eigenvalue weighted by atomic mass is 9.99. The summed E-state index contributed by atoms with van der Waals surface area (Å²) in [5.41, 5.74) is 5.23. The zero-order valence-corrected chi connectivity index (χ0v) is 15.9. The van der Waals surface area contributed by atoms with Gasteiger partial charge in [-0.05, 0) is 37.0 Å².